The summed E-state index contributed by atoms with van der Waals surface area (Å²) in [4.78, 5) is 19.9. The number of esters is 1. The fraction of sp³-hybridized carbons (Fsp3) is 0.200. The molecule has 0 aliphatic carbocycles. The lowest BCUT2D eigenvalue weighted by Gasteiger charge is -2.05. The Hall–Kier alpha value is -3.03. The van der Waals surface area contributed by atoms with E-state index >= 15 is 0 Å². The van der Waals surface area contributed by atoms with Gasteiger partial charge in [-0.15, -0.1) is 5.10 Å². The molecule has 1 aromatic carbocycles. The first-order valence-electron chi connectivity index (χ1n) is 6.86. The van der Waals surface area contributed by atoms with Gasteiger partial charge in [-0.3, -0.25) is 4.98 Å². The van der Waals surface area contributed by atoms with Crippen molar-refractivity contribution in [2.75, 3.05) is 13.7 Å². The molecule has 2 aromatic heterocycles. The Morgan fingerprint density at radius 3 is 2.96 bits per heavy atom. The van der Waals surface area contributed by atoms with Crippen LogP contribution < -0.4 is 4.74 Å². The Balaban J connectivity index is 2.01. The molecule has 3 aromatic rings. The fourth-order valence-corrected chi connectivity index (χ4v) is 2.05. The van der Waals surface area contributed by atoms with Crippen molar-refractivity contribution in [3.8, 4) is 17.0 Å². The molecule has 3 rings (SSSR count). The van der Waals surface area contributed by atoms with Gasteiger partial charge in [0, 0.05) is 5.56 Å². The normalized spacial score (nSPS) is 10.7. The predicted octanol–water partition coefficient (Wildman–Crippen LogP) is 2.12. The summed E-state index contributed by atoms with van der Waals surface area (Å²) in [6, 6.07) is 4.41. The van der Waals surface area contributed by atoms with Crippen molar-refractivity contribution in [1.29, 1.82) is 0 Å². The number of halogens is 1. The average Bonchev–Trinajstić information content (AvgIpc) is 2.99. The number of hydrogen-bond acceptors (Lipinski definition) is 6. The Morgan fingerprint density at radius 2 is 2.22 bits per heavy atom. The molecule has 118 valence electrons. The highest BCUT2D eigenvalue weighted by atomic mass is 19.1. The number of benzene rings is 1. The zero-order valence-corrected chi connectivity index (χ0v) is 12.5. The molecule has 0 spiro atoms. The van der Waals surface area contributed by atoms with E-state index in [2.05, 4.69) is 15.1 Å². The minimum Gasteiger partial charge on any atom is -0.494 e. The zero-order valence-electron chi connectivity index (χ0n) is 12.5. The molecule has 0 atom stereocenters. The van der Waals surface area contributed by atoms with E-state index < -0.39 is 11.8 Å². The van der Waals surface area contributed by atoms with Crippen LogP contribution in [0.2, 0.25) is 0 Å². The largest absolute Gasteiger partial charge is 0.494 e. The quantitative estimate of drug-likeness (QED) is 0.686. The third-order valence-corrected chi connectivity index (χ3v) is 3.13. The summed E-state index contributed by atoms with van der Waals surface area (Å²) in [7, 11) is 1.39. The summed E-state index contributed by atoms with van der Waals surface area (Å²) in [5.41, 5.74) is 1.60. The molecule has 0 unspecified atom stereocenters. The number of rotatable bonds is 4. The highest BCUT2D eigenvalue weighted by Crippen LogP contribution is 2.25. The minimum absolute atomic E-state index is 0.0394. The van der Waals surface area contributed by atoms with Crippen LogP contribution in [0.4, 0.5) is 4.39 Å². The molecule has 0 aliphatic rings. The van der Waals surface area contributed by atoms with Crippen molar-refractivity contribution in [2.24, 2.45) is 0 Å². The molecule has 0 N–H and O–H groups in total. The number of fused-ring (bicyclic) bond motifs is 1. The first kappa shape index (κ1) is 14.9. The molecule has 0 fully saturated rings. The van der Waals surface area contributed by atoms with Crippen LogP contribution in [-0.4, -0.2) is 39.3 Å². The lowest BCUT2D eigenvalue weighted by atomic mass is 10.1. The molecule has 2 heterocycles. The summed E-state index contributed by atoms with van der Waals surface area (Å²) in [5.74, 6) is -0.971. The number of nitrogens with zero attached hydrogens (tertiary/aromatic N) is 4. The molecule has 0 saturated carbocycles. The van der Waals surface area contributed by atoms with Crippen LogP contribution in [0.25, 0.3) is 16.9 Å². The van der Waals surface area contributed by atoms with Crippen molar-refractivity contribution in [1.82, 2.24) is 19.6 Å². The van der Waals surface area contributed by atoms with Gasteiger partial charge in [0.1, 0.15) is 0 Å². The zero-order chi connectivity index (χ0) is 16.4. The lowest BCUT2D eigenvalue weighted by molar-refractivity contribution is 0.0512. The van der Waals surface area contributed by atoms with E-state index in [0.29, 0.717) is 16.9 Å². The van der Waals surface area contributed by atoms with Crippen LogP contribution in [0.15, 0.2) is 30.6 Å². The Morgan fingerprint density at radius 1 is 1.39 bits per heavy atom. The second kappa shape index (κ2) is 5.99. The Bertz CT molecular complexity index is 878. The van der Waals surface area contributed by atoms with E-state index in [1.54, 1.807) is 19.2 Å². The number of methoxy groups -OCH3 is 1. The molecular weight excluding hydrogens is 303 g/mol. The monoisotopic (exact) mass is 316 g/mol. The molecular formula is C15H13FN4O3. The SMILES string of the molecule is CCOC(=O)c1nc2cnc(-c3ccc(F)c(OC)c3)cn2n1. The van der Waals surface area contributed by atoms with Crippen molar-refractivity contribution < 1.29 is 18.7 Å². The van der Waals surface area contributed by atoms with Gasteiger partial charge in [0.15, 0.2) is 17.2 Å². The van der Waals surface area contributed by atoms with Gasteiger partial charge in [-0.2, -0.15) is 4.98 Å². The molecule has 0 saturated heterocycles. The third-order valence-electron chi connectivity index (χ3n) is 3.13. The molecule has 0 amide bonds. The number of aromatic nitrogens is 4. The minimum atomic E-state index is -0.596. The van der Waals surface area contributed by atoms with Crippen LogP contribution in [0, 0.1) is 5.82 Å². The summed E-state index contributed by atoms with van der Waals surface area (Å²) in [5, 5.41) is 4.06. The summed E-state index contributed by atoms with van der Waals surface area (Å²) < 4.78 is 24.7. The standard InChI is InChI=1S/C15H13FN4O3/c1-3-23-15(21)14-18-13-7-17-11(8-20(13)19-14)9-4-5-10(16)12(6-9)22-2/h4-8H,3H2,1-2H3. The Kier molecular flexibility index (Phi) is 3.88. The van der Waals surface area contributed by atoms with Crippen LogP contribution in [-0.2, 0) is 4.74 Å². The molecule has 0 radical (unpaired) electrons. The van der Waals surface area contributed by atoms with Crippen LogP contribution in [0.1, 0.15) is 17.5 Å². The van der Waals surface area contributed by atoms with Crippen molar-refractivity contribution in [3.05, 3.63) is 42.2 Å². The maximum absolute atomic E-state index is 13.5. The summed E-state index contributed by atoms with van der Waals surface area (Å²) >= 11 is 0. The van der Waals surface area contributed by atoms with Crippen LogP contribution >= 0.6 is 0 Å². The highest BCUT2D eigenvalue weighted by Gasteiger charge is 2.15. The fourth-order valence-electron chi connectivity index (χ4n) is 2.05. The molecule has 0 aliphatic heterocycles. The smallest absolute Gasteiger partial charge is 0.378 e. The van der Waals surface area contributed by atoms with E-state index in [0.717, 1.165) is 0 Å². The predicted molar refractivity (Wildman–Crippen MR) is 78.7 cm³/mol. The van der Waals surface area contributed by atoms with E-state index in [1.807, 2.05) is 0 Å². The van der Waals surface area contributed by atoms with E-state index in [4.69, 9.17) is 9.47 Å². The number of ether oxygens (including phenoxy) is 2. The van der Waals surface area contributed by atoms with Crippen molar-refractivity contribution in [2.45, 2.75) is 6.92 Å². The first-order chi connectivity index (χ1) is 11.1. The number of carbonyl (C=O) groups is 1. The van der Waals surface area contributed by atoms with Crippen molar-refractivity contribution in [3.63, 3.8) is 0 Å². The number of carbonyl (C=O) groups excluding carboxylic acids is 1. The molecule has 23 heavy (non-hydrogen) atoms. The lowest BCUT2D eigenvalue weighted by Crippen LogP contribution is -2.06. The second-order valence-corrected chi connectivity index (χ2v) is 4.58. The highest BCUT2D eigenvalue weighted by molar-refractivity contribution is 5.85. The molecule has 0 bridgehead atoms. The van der Waals surface area contributed by atoms with Gasteiger partial charge in [-0.25, -0.2) is 13.7 Å². The van der Waals surface area contributed by atoms with E-state index in [1.165, 1.54) is 30.0 Å². The van der Waals surface area contributed by atoms with Gasteiger partial charge < -0.3 is 9.47 Å². The van der Waals surface area contributed by atoms with Crippen molar-refractivity contribution >= 4 is 11.6 Å². The summed E-state index contributed by atoms with van der Waals surface area (Å²) in [6.07, 6.45) is 3.07. The molecule has 7 nitrogen and oxygen atoms in total. The first-order valence-corrected chi connectivity index (χ1v) is 6.86. The molecule has 8 heteroatoms. The van der Waals surface area contributed by atoms with Gasteiger partial charge in [-0.1, -0.05) is 0 Å². The van der Waals surface area contributed by atoms with Gasteiger partial charge in [0.25, 0.3) is 5.82 Å². The average molecular weight is 316 g/mol. The second-order valence-electron chi connectivity index (χ2n) is 4.58. The van der Waals surface area contributed by atoms with Gasteiger partial charge in [0.2, 0.25) is 0 Å². The van der Waals surface area contributed by atoms with Crippen LogP contribution in [0.3, 0.4) is 0 Å². The maximum atomic E-state index is 13.5. The topological polar surface area (TPSA) is 78.6 Å². The van der Waals surface area contributed by atoms with E-state index in [-0.39, 0.29) is 18.2 Å². The maximum Gasteiger partial charge on any atom is 0.378 e. The van der Waals surface area contributed by atoms with Crippen LogP contribution in [0.5, 0.6) is 5.75 Å². The van der Waals surface area contributed by atoms with Gasteiger partial charge >= 0.3 is 5.97 Å². The Labute approximate surface area is 130 Å². The summed E-state index contributed by atoms with van der Waals surface area (Å²) in [6.45, 7) is 1.95. The number of hydrogen-bond donors (Lipinski definition) is 0. The van der Waals surface area contributed by atoms with Gasteiger partial charge in [-0.05, 0) is 25.1 Å². The van der Waals surface area contributed by atoms with Gasteiger partial charge in [0.05, 0.1) is 31.8 Å². The van der Waals surface area contributed by atoms with E-state index in [9.17, 15) is 9.18 Å². The third kappa shape index (κ3) is 2.83.